The van der Waals surface area contributed by atoms with E-state index in [-0.39, 0.29) is 37.3 Å². The maximum atomic E-state index is 11.8. The third-order valence-corrected chi connectivity index (χ3v) is 4.52. The fourth-order valence-electron chi connectivity index (χ4n) is 3.52. The van der Waals surface area contributed by atoms with Gasteiger partial charge in [-0.05, 0) is 29.4 Å². The van der Waals surface area contributed by atoms with Crippen LogP contribution in [0, 0.1) is 11.8 Å². The molecule has 150 valence electrons. The molecule has 1 saturated heterocycles. The van der Waals surface area contributed by atoms with E-state index in [1.807, 2.05) is 0 Å². The molecule has 5 nitrogen and oxygen atoms in total. The number of carbonyl (C=O) groups is 1. The van der Waals surface area contributed by atoms with Crippen molar-refractivity contribution in [1.82, 2.24) is 10.2 Å². The SMILES string of the molecule is COCC(N)C(=O)NCc1ccc(CN2CC(C)CC(C)C2)cc1.Cl.Cl. The van der Waals surface area contributed by atoms with Gasteiger partial charge in [0.2, 0.25) is 5.91 Å². The third kappa shape index (κ3) is 8.23. The number of nitrogens with zero attached hydrogens (tertiary/aromatic N) is 1. The van der Waals surface area contributed by atoms with Crippen molar-refractivity contribution in [2.24, 2.45) is 17.6 Å². The minimum Gasteiger partial charge on any atom is -0.383 e. The summed E-state index contributed by atoms with van der Waals surface area (Å²) in [5, 5.41) is 2.84. The molecule has 2 rings (SSSR count). The zero-order chi connectivity index (χ0) is 17.5. The predicted octanol–water partition coefficient (Wildman–Crippen LogP) is 2.60. The molecule has 1 aliphatic heterocycles. The fourth-order valence-corrected chi connectivity index (χ4v) is 3.52. The van der Waals surface area contributed by atoms with Crippen LogP contribution in [0.4, 0.5) is 0 Å². The first kappa shape index (κ1) is 25.1. The molecule has 3 N–H and O–H groups in total. The highest BCUT2D eigenvalue weighted by Gasteiger charge is 2.21. The van der Waals surface area contributed by atoms with Gasteiger partial charge in [-0.2, -0.15) is 0 Å². The monoisotopic (exact) mass is 405 g/mol. The molecule has 0 aromatic heterocycles. The molecule has 0 aliphatic carbocycles. The largest absolute Gasteiger partial charge is 0.383 e. The van der Waals surface area contributed by atoms with Gasteiger partial charge >= 0.3 is 0 Å². The van der Waals surface area contributed by atoms with Crippen molar-refractivity contribution >= 4 is 30.7 Å². The van der Waals surface area contributed by atoms with Crippen LogP contribution in [0.2, 0.25) is 0 Å². The Bertz CT molecular complexity index is 518. The molecule has 3 unspecified atom stereocenters. The highest BCUT2D eigenvalue weighted by atomic mass is 35.5. The molecule has 1 fully saturated rings. The van der Waals surface area contributed by atoms with Crippen molar-refractivity contribution in [3.63, 3.8) is 0 Å². The molecule has 1 aromatic rings. The summed E-state index contributed by atoms with van der Waals surface area (Å²) in [4.78, 5) is 14.3. The van der Waals surface area contributed by atoms with Gasteiger partial charge in [-0.1, -0.05) is 38.1 Å². The Labute approximate surface area is 169 Å². The second-order valence-corrected chi connectivity index (χ2v) is 7.24. The third-order valence-electron chi connectivity index (χ3n) is 4.52. The van der Waals surface area contributed by atoms with Crippen molar-refractivity contribution in [2.75, 3.05) is 26.8 Å². The van der Waals surface area contributed by atoms with Crippen LogP contribution in [0.5, 0.6) is 0 Å². The van der Waals surface area contributed by atoms with E-state index in [0.717, 1.165) is 23.9 Å². The van der Waals surface area contributed by atoms with Crippen LogP contribution < -0.4 is 11.1 Å². The quantitative estimate of drug-likeness (QED) is 0.731. The molecule has 1 aliphatic rings. The van der Waals surface area contributed by atoms with Crippen molar-refractivity contribution in [1.29, 1.82) is 0 Å². The molecule has 26 heavy (non-hydrogen) atoms. The van der Waals surface area contributed by atoms with Crippen LogP contribution in [-0.4, -0.2) is 43.7 Å². The average molecular weight is 406 g/mol. The zero-order valence-electron chi connectivity index (χ0n) is 15.9. The Hall–Kier alpha value is -0.850. The Morgan fingerprint density at radius 2 is 1.73 bits per heavy atom. The molecule has 1 heterocycles. The summed E-state index contributed by atoms with van der Waals surface area (Å²) in [6.07, 6.45) is 1.33. The average Bonchev–Trinajstić information content (AvgIpc) is 2.53. The molecular formula is C19H33Cl2N3O2. The number of carbonyl (C=O) groups excluding carboxylic acids is 1. The summed E-state index contributed by atoms with van der Waals surface area (Å²) in [5.74, 6) is 1.37. The minimum absolute atomic E-state index is 0. The van der Waals surface area contributed by atoms with Crippen LogP contribution in [0.15, 0.2) is 24.3 Å². The highest BCUT2D eigenvalue weighted by molar-refractivity contribution is 5.85. The van der Waals surface area contributed by atoms with Gasteiger partial charge in [0.1, 0.15) is 6.04 Å². The van der Waals surface area contributed by atoms with Crippen LogP contribution >= 0.6 is 24.8 Å². The smallest absolute Gasteiger partial charge is 0.239 e. The Morgan fingerprint density at radius 3 is 2.27 bits per heavy atom. The zero-order valence-corrected chi connectivity index (χ0v) is 17.6. The van der Waals surface area contributed by atoms with E-state index in [4.69, 9.17) is 10.5 Å². The van der Waals surface area contributed by atoms with Crippen molar-refractivity contribution in [2.45, 2.75) is 39.4 Å². The summed E-state index contributed by atoms with van der Waals surface area (Å²) in [6.45, 7) is 8.76. The summed E-state index contributed by atoms with van der Waals surface area (Å²) < 4.78 is 4.89. The van der Waals surface area contributed by atoms with Crippen LogP contribution in [-0.2, 0) is 22.6 Å². The number of benzene rings is 1. The summed E-state index contributed by atoms with van der Waals surface area (Å²) in [5.41, 5.74) is 8.10. The van der Waals surface area contributed by atoms with E-state index in [9.17, 15) is 4.79 Å². The molecule has 0 radical (unpaired) electrons. The van der Waals surface area contributed by atoms with Crippen molar-refractivity contribution in [3.05, 3.63) is 35.4 Å². The lowest BCUT2D eigenvalue weighted by molar-refractivity contribution is -0.123. The first-order valence-corrected chi connectivity index (χ1v) is 8.80. The molecule has 1 aromatic carbocycles. The van der Waals surface area contributed by atoms with E-state index in [1.54, 1.807) is 0 Å². The standard InChI is InChI=1S/C19H31N3O2.2ClH/c1-14-8-15(2)11-22(10-14)12-17-6-4-16(5-7-17)9-21-19(23)18(20)13-24-3;;/h4-7,14-15,18H,8-13,20H2,1-3H3,(H,21,23);2*1H. The topological polar surface area (TPSA) is 67.6 Å². The second-order valence-electron chi connectivity index (χ2n) is 7.24. The molecule has 0 bridgehead atoms. The summed E-state index contributed by atoms with van der Waals surface area (Å²) in [6, 6.07) is 7.85. The van der Waals surface area contributed by atoms with E-state index >= 15 is 0 Å². The Kier molecular flexibility index (Phi) is 12.1. The minimum atomic E-state index is -0.614. The van der Waals surface area contributed by atoms with Gasteiger partial charge in [0.15, 0.2) is 0 Å². The highest BCUT2D eigenvalue weighted by Crippen LogP contribution is 2.22. The number of nitrogens with one attached hydrogen (secondary N) is 1. The van der Waals surface area contributed by atoms with Crippen molar-refractivity contribution < 1.29 is 9.53 Å². The normalized spacial score (nSPS) is 21.2. The lowest BCUT2D eigenvalue weighted by Gasteiger charge is -2.35. The van der Waals surface area contributed by atoms with Gasteiger partial charge in [0.25, 0.3) is 0 Å². The number of halogens is 2. The van der Waals surface area contributed by atoms with Gasteiger partial charge < -0.3 is 15.8 Å². The lowest BCUT2D eigenvalue weighted by Crippen LogP contribution is -2.43. The first-order valence-electron chi connectivity index (χ1n) is 8.80. The number of hydrogen-bond donors (Lipinski definition) is 2. The van der Waals surface area contributed by atoms with E-state index in [2.05, 4.69) is 48.3 Å². The van der Waals surface area contributed by atoms with Gasteiger partial charge in [-0.3, -0.25) is 9.69 Å². The van der Waals surface area contributed by atoms with Crippen LogP contribution in [0.1, 0.15) is 31.4 Å². The predicted molar refractivity (Wildman–Crippen MR) is 111 cm³/mol. The molecule has 3 atom stereocenters. The first-order chi connectivity index (χ1) is 11.5. The number of methoxy groups -OCH3 is 1. The number of nitrogens with two attached hydrogens (primary N) is 1. The molecule has 7 heteroatoms. The molecular weight excluding hydrogens is 373 g/mol. The van der Waals surface area contributed by atoms with Gasteiger partial charge in [-0.15, -0.1) is 24.8 Å². The van der Waals surface area contributed by atoms with E-state index < -0.39 is 6.04 Å². The molecule has 0 saturated carbocycles. The van der Waals surface area contributed by atoms with Crippen LogP contribution in [0.25, 0.3) is 0 Å². The summed E-state index contributed by atoms with van der Waals surface area (Å²) in [7, 11) is 1.54. The lowest BCUT2D eigenvalue weighted by atomic mass is 9.91. The number of amides is 1. The van der Waals surface area contributed by atoms with Gasteiger partial charge in [0, 0.05) is 33.3 Å². The number of ether oxygens (including phenoxy) is 1. The van der Waals surface area contributed by atoms with Crippen LogP contribution in [0.3, 0.4) is 0 Å². The van der Waals surface area contributed by atoms with E-state index in [1.165, 1.54) is 32.2 Å². The Morgan fingerprint density at radius 1 is 1.19 bits per heavy atom. The van der Waals surface area contributed by atoms with E-state index in [0.29, 0.717) is 6.54 Å². The Balaban J connectivity index is 0.00000312. The van der Waals surface area contributed by atoms with Gasteiger partial charge in [0.05, 0.1) is 6.61 Å². The van der Waals surface area contributed by atoms with Crippen molar-refractivity contribution in [3.8, 4) is 0 Å². The summed E-state index contributed by atoms with van der Waals surface area (Å²) >= 11 is 0. The van der Waals surface area contributed by atoms with Gasteiger partial charge in [-0.25, -0.2) is 0 Å². The fraction of sp³-hybridized carbons (Fsp3) is 0.632. The number of piperidine rings is 1. The maximum absolute atomic E-state index is 11.8. The molecule has 1 amide bonds. The number of hydrogen-bond acceptors (Lipinski definition) is 4. The second kappa shape index (κ2) is 12.5. The molecule has 0 spiro atoms. The number of rotatable bonds is 7. The number of likely N-dealkylation sites (tertiary alicyclic amines) is 1. The maximum Gasteiger partial charge on any atom is 0.239 e.